The quantitative estimate of drug-likeness (QED) is 0.795. The Morgan fingerprint density at radius 3 is 2.58 bits per heavy atom. The summed E-state index contributed by atoms with van der Waals surface area (Å²) in [5.41, 5.74) is 1.56. The van der Waals surface area contributed by atoms with Crippen molar-refractivity contribution in [2.75, 3.05) is 19.7 Å². The molecule has 1 heterocycles. The van der Waals surface area contributed by atoms with Crippen molar-refractivity contribution in [1.29, 1.82) is 5.26 Å². The molecule has 0 amide bonds. The van der Waals surface area contributed by atoms with Crippen LogP contribution in [0, 0.1) is 18.3 Å². The number of rotatable bonds is 4. The van der Waals surface area contributed by atoms with Gasteiger partial charge in [-0.1, -0.05) is 23.8 Å². The summed E-state index contributed by atoms with van der Waals surface area (Å²) < 4.78 is 35.0. The summed E-state index contributed by atoms with van der Waals surface area (Å²) in [4.78, 5) is 4.14. The molecular formula is C18H19N3O4S. The molecule has 0 fully saturated rings. The molecule has 1 aliphatic heterocycles. The van der Waals surface area contributed by atoms with Gasteiger partial charge < -0.3 is 10.1 Å². The van der Waals surface area contributed by atoms with E-state index in [0.29, 0.717) is 17.9 Å². The third-order valence-corrected chi connectivity index (χ3v) is 4.27. The molecule has 0 aromatic heterocycles. The Bertz CT molecular complexity index is 916. The number of benzene rings is 2. The van der Waals surface area contributed by atoms with E-state index in [1.165, 1.54) is 12.1 Å². The molecule has 0 aliphatic carbocycles. The van der Waals surface area contributed by atoms with Crippen molar-refractivity contribution in [2.24, 2.45) is 4.99 Å². The van der Waals surface area contributed by atoms with Gasteiger partial charge in [-0.2, -0.15) is 13.7 Å². The number of nitrogens with one attached hydrogen (secondary N) is 1. The van der Waals surface area contributed by atoms with E-state index in [1.807, 2.05) is 13.0 Å². The van der Waals surface area contributed by atoms with Gasteiger partial charge in [-0.15, -0.1) is 0 Å². The Labute approximate surface area is 152 Å². The van der Waals surface area contributed by atoms with Crippen molar-refractivity contribution in [3.8, 4) is 11.8 Å². The fourth-order valence-electron chi connectivity index (χ4n) is 2.06. The van der Waals surface area contributed by atoms with Crippen molar-refractivity contribution in [1.82, 2.24) is 5.32 Å². The maximum Gasteiger partial charge on any atom is 0.294 e. The maximum atomic E-state index is 10.5. The van der Waals surface area contributed by atoms with Gasteiger partial charge in [0.25, 0.3) is 10.1 Å². The standard InChI is InChI=1S/C11H11N3O.C7H8O3S/c12-7-9-2-1-3-10(6-9)15-8-11-13-4-5-14-11;1-6-2-4-7(5-3-6)11(8,9)10/h1-3,6H,4-5,8H2,(H,13,14);2-5H,1H3,(H,8,9,10). The third kappa shape index (κ3) is 6.20. The van der Waals surface area contributed by atoms with Crippen LogP contribution >= 0.6 is 0 Å². The largest absolute Gasteiger partial charge is 0.486 e. The number of aryl methyl sites for hydroxylation is 1. The number of hydrogen-bond acceptors (Lipinski definition) is 6. The van der Waals surface area contributed by atoms with Crippen molar-refractivity contribution < 1.29 is 17.7 Å². The topological polar surface area (TPSA) is 112 Å². The van der Waals surface area contributed by atoms with Crippen LogP contribution in [0.5, 0.6) is 5.75 Å². The number of amidine groups is 1. The van der Waals surface area contributed by atoms with Crippen LogP contribution in [0.15, 0.2) is 58.4 Å². The van der Waals surface area contributed by atoms with Crippen molar-refractivity contribution in [3.05, 3.63) is 59.7 Å². The van der Waals surface area contributed by atoms with E-state index in [9.17, 15) is 8.42 Å². The lowest BCUT2D eigenvalue weighted by molar-refractivity contribution is 0.373. The average molecular weight is 373 g/mol. The molecule has 0 spiro atoms. The summed E-state index contributed by atoms with van der Waals surface area (Å²) >= 11 is 0. The van der Waals surface area contributed by atoms with E-state index < -0.39 is 10.1 Å². The Morgan fingerprint density at radius 1 is 1.27 bits per heavy atom. The van der Waals surface area contributed by atoms with Crippen LogP contribution in [-0.2, 0) is 10.1 Å². The van der Waals surface area contributed by atoms with Gasteiger partial charge in [0, 0.05) is 6.54 Å². The van der Waals surface area contributed by atoms with Crippen LogP contribution in [-0.4, -0.2) is 38.5 Å². The first-order chi connectivity index (χ1) is 12.4. The van der Waals surface area contributed by atoms with Crippen molar-refractivity contribution in [3.63, 3.8) is 0 Å². The first-order valence-electron chi connectivity index (χ1n) is 7.83. The minimum absolute atomic E-state index is 0.0666. The summed E-state index contributed by atoms with van der Waals surface area (Å²) in [5.74, 6) is 1.57. The Balaban J connectivity index is 0.000000197. The maximum absolute atomic E-state index is 10.5. The SMILES string of the molecule is Cc1ccc(S(=O)(=O)O)cc1.N#Cc1cccc(OCC2=NCCN2)c1. The molecule has 8 heteroatoms. The molecule has 2 aromatic rings. The van der Waals surface area contributed by atoms with E-state index in [1.54, 1.807) is 30.3 Å². The minimum Gasteiger partial charge on any atom is -0.486 e. The zero-order valence-corrected chi connectivity index (χ0v) is 15.0. The second-order valence-electron chi connectivity index (χ2n) is 5.47. The molecular weight excluding hydrogens is 354 g/mol. The van der Waals surface area contributed by atoms with Gasteiger partial charge in [-0.25, -0.2) is 0 Å². The van der Waals surface area contributed by atoms with Crippen LogP contribution < -0.4 is 10.1 Å². The predicted octanol–water partition coefficient (Wildman–Crippen LogP) is 2.18. The lowest BCUT2D eigenvalue weighted by Crippen LogP contribution is -2.24. The van der Waals surface area contributed by atoms with Crippen molar-refractivity contribution >= 4 is 16.0 Å². The molecule has 2 N–H and O–H groups in total. The van der Waals surface area contributed by atoms with Crippen LogP contribution in [0.25, 0.3) is 0 Å². The first-order valence-corrected chi connectivity index (χ1v) is 9.27. The average Bonchev–Trinajstić information content (AvgIpc) is 3.14. The first kappa shape index (κ1) is 19.4. The normalized spacial score (nSPS) is 12.9. The fraction of sp³-hybridized carbons (Fsp3) is 0.222. The summed E-state index contributed by atoms with van der Waals surface area (Å²) in [6.07, 6.45) is 0. The molecule has 0 saturated heterocycles. The summed E-state index contributed by atoms with van der Waals surface area (Å²) in [7, 11) is -4.02. The molecule has 1 aliphatic rings. The minimum atomic E-state index is -4.02. The third-order valence-electron chi connectivity index (χ3n) is 3.40. The van der Waals surface area contributed by atoms with Gasteiger partial charge in [0.2, 0.25) is 0 Å². The summed E-state index contributed by atoms with van der Waals surface area (Å²) in [6, 6.07) is 15.2. The van der Waals surface area contributed by atoms with Crippen LogP contribution in [0.1, 0.15) is 11.1 Å². The molecule has 136 valence electrons. The molecule has 0 atom stereocenters. The Kier molecular flexibility index (Phi) is 6.72. The number of ether oxygens (including phenoxy) is 1. The van der Waals surface area contributed by atoms with Crippen LogP contribution in [0.4, 0.5) is 0 Å². The van der Waals surface area contributed by atoms with Crippen molar-refractivity contribution in [2.45, 2.75) is 11.8 Å². The molecule has 0 radical (unpaired) electrons. The molecule has 7 nitrogen and oxygen atoms in total. The van der Waals surface area contributed by atoms with E-state index >= 15 is 0 Å². The van der Waals surface area contributed by atoms with Crippen LogP contribution in [0.3, 0.4) is 0 Å². The zero-order chi connectivity index (χ0) is 19.0. The Hall–Kier alpha value is -2.89. The van der Waals surface area contributed by atoms with Gasteiger partial charge in [-0.05, 0) is 37.3 Å². The summed E-state index contributed by atoms with van der Waals surface area (Å²) in [5, 5.41) is 11.8. The van der Waals surface area contributed by atoms with E-state index in [-0.39, 0.29) is 4.90 Å². The van der Waals surface area contributed by atoms with Gasteiger partial charge in [0.05, 0.1) is 23.1 Å². The van der Waals surface area contributed by atoms with E-state index in [2.05, 4.69) is 16.4 Å². The molecule has 26 heavy (non-hydrogen) atoms. The van der Waals surface area contributed by atoms with Gasteiger partial charge >= 0.3 is 0 Å². The fourth-order valence-corrected chi connectivity index (χ4v) is 2.54. The Morgan fingerprint density at radius 2 is 2.00 bits per heavy atom. The highest BCUT2D eigenvalue weighted by Crippen LogP contribution is 2.12. The monoisotopic (exact) mass is 373 g/mol. The van der Waals surface area contributed by atoms with Gasteiger partial charge in [-0.3, -0.25) is 9.55 Å². The second-order valence-corrected chi connectivity index (χ2v) is 6.89. The number of aliphatic imine (C=N–C) groups is 1. The highest BCUT2D eigenvalue weighted by atomic mass is 32.2. The van der Waals surface area contributed by atoms with Gasteiger partial charge in [0.1, 0.15) is 18.2 Å². The van der Waals surface area contributed by atoms with Crippen LogP contribution in [0.2, 0.25) is 0 Å². The lowest BCUT2D eigenvalue weighted by Gasteiger charge is -2.06. The number of nitrogens with zero attached hydrogens (tertiary/aromatic N) is 2. The zero-order valence-electron chi connectivity index (χ0n) is 14.2. The van der Waals surface area contributed by atoms with E-state index in [4.69, 9.17) is 14.6 Å². The predicted molar refractivity (Wildman–Crippen MR) is 98.0 cm³/mol. The molecule has 3 rings (SSSR count). The highest BCUT2D eigenvalue weighted by Gasteiger charge is 2.07. The number of hydrogen-bond donors (Lipinski definition) is 2. The molecule has 0 unspecified atom stereocenters. The summed E-state index contributed by atoms with van der Waals surface area (Å²) in [6.45, 7) is 3.98. The smallest absolute Gasteiger partial charge is 0.294 e. The molecule has 2 aromatic carbocycles. The molecule has 0 bridgehead atoms. The molecule has 0 saturated carbocycles. The number of nitriles is 1. The van der Waals surface area contributed by atoms with Gasteiger partial charge in [0.15, 0.2) is 0 Å². The highest BCUT2D eigenvalue weighted by molar-refractivity contribution is 7.85. The lowest BCUT2D eigenvalue weighted by atomic mass is 10.2. The van der Waals surface area contributed by atoms with E-state index in [0.717, 1.165) is 24.5 Å². The second kappa shape index (κ2) is 8.99.